The van der Waals surface area contributed by atoms with E-state index in [1.807, 2.05) is 24.9 Å². The third kappa shape index (κ3) is 6.74. The minimum absolute atomic E-state index is 0.666. The molecule has 12 heavy (non-hydrogen) atoms. The van der Waals surface area contributed by atoms with E-state index in [1.54, 1.807) is 0 Å². The molecular formula is C10H21NS. The first-order valence-corrected chi connectivity index (χ1v) is 5.86. The highest BCUT2D eigenvalue weighted by molar-refractivity contribution is 7.99. The molecule has 1 unspecified atom stereocenters. The summed E-state index contributed by atoms with van der Waals surface area (Å²) < 4.78 is 0. The van der Waals surface area contributed by atoms with Crippen molar-refractivity contribution < 1.29 is 0 Å². The van der Waals surface area contributed by atoms with Crippen LogP contribution in [0.25, 0.3) is 0 Å². The first kappa shape index (κ1) is 12.0. The molecule has 0 fully saturated rings. The summed E-state index contributed by atoms with van der Waals surface area (Å²) in [5.41, 5.74) is 0. The Morgan fingerprint density at radius 1 is 1.58 bits per heavy atom. The molecule has 0 aliphatic rings. The molecule has 0 heterocycles. The highest BCUT2D eigenvalue weighted by Crippen LogP contribution is 2.08. The lowest BCUT2D eigenvalue weighted by molar-refractivity contribution is 0.578. The van der Waals surface area contributed by atoms with Crippen molar-refractivity contribution in [1.82, 2.24) is 5.32 Å². The maximum Gasteiger partial charge on any atom is 0.0158 e. The molecule has 0 aliphatic carbocycles. The van der Waals surface area contributed by atoms with Crippen molar-refractivity contribution in [2.75, 3.05) is 18.6 Å². The van der Waals surface area contributed by atoms with Gasteiger partial charge in [0.15, 0.2) is 0 Å². The zero-order valence-corrected chi connectivity index (χ0v) is 9.12. The highest BCUT2D eigenvalue weighted by Gasteiger charge is 2.03. The first-order chi connectivity index (χ1) is 5.85. The van der Waals surface area contributed by atoms with Crippen LogP contribution in [0, 0.1) is 0 Å². The molecule has 0 amide bonds. The van der Waals surface area contributed by atoms with Crippen LogP contribution in [0.3, 0.4) is 0 Å². The Labute approximate surface area is 81.0 Å². The quantitative estimate of drug-likeness (QED) is 0.463. The third-order valence-corrected chi connectivity index (χ3v) is 3.13. The molecule has 0 aromatic heterocycles. The smallest absolute Gasteiger partial charge is 0.0158 e. The van der Waals surface area contributed by atoms with Crippen molar-refractivity contribution in [2.24, 2.45) is 0 Å². The van der Waals surface area contributed by atoms with Gasteiger partial charge < -0.3 is 5.32 Å². The summed E-state index contributed by atoms with van der Waals surface area (Å²) in [7, 11) is 2.04. The van der Waals surface area contributed by atoms with Gasteiger partial charge in [-0.1, -0.05) is 13.0 Å². The number of hydrogen-bond donors (Lipinski definition) is 1. The maximum atomic E-state index is 3.73. The van der Waals surface area contributed by atoms with Crippen molar-refractivity contribution in [3.05, 3.63) is 12.7 Å². The number of hydrogen-bond acceptors (Lipinski definition) is 2. The Morgan fingerprint density at radius 2 is 2.33 bits per heavy atom. The predicted octanol–water partition coefficient (Wildman–Crippen LogP) is 2.68. The van der Waals surface area contributed by atoms with Crippen molar-refractivity contribution in [1.29, 1.82) is 0 Å². The van der Waals surface area contributed by atoms with Gasteiger partial charge in [-0.25, -0.2) is 0 Å². The number of rotatable bonds is 8. The van der Waals surface area contributed by atoms with E-state index in [2.05, 4.69) is 18.8 Å². The number of thioether (sulfide) groups is 1. The second-order valence-electron chi connectivity index (χ2n) is 2.93. The fourth-order valence-electron chi connectivity index (χ4n) is 1.000. The summed E-state index contributed by atoms with van der Waals surface area (Å²) in [5.74, 6) is 2.52. The lowest BCUT2D eigenvalue weighted by Gasteiger charge is -2.14. The fourth-order valence-corrected chi connectivity index (χ4v) is 2.07. The van der Waals surface area contributed by atoms with E-state index in [0.29, 0.717) is 6.04 Å². The molecule has 0 saturated heterocycles. The number of allylic oxidation sites excluding steroid dienone is 1. The molecule has 72 valence electrons. The molecular weight excluding hydrogens is 166 g/mol. The van der Waals surface area contributed by atoms with Crippen LogP contribution < -0.4 is 5.32 Å². The summed E-state index contributed by atoms with van der Waals surface area (Å²) in [4.78, 5) is 0. The molecule has 0 rings (SSSR count). The Morgan fingerprint density at radius 3 is 2.83 bits per heavy atom. The molecule has 0 saturated carbocycles. The van der Waals surface area contributed by atoms with Crippen molar-refractivity contribution in [2.45, 2.75) is 32.2 Å². The minimum Gasteiger partial charge on any atom is -0.316 e. The van der Waals surface area contributed by atoms with Crippen LogP contribution in [-0.2, 0) is 0 Å². The lowest BCUT2D eigenvalue weighted by Crippen LogP contribution is -2.27. The second-order valence-corrected chi connectivity index (χ2v) is 4.08. The van der Waals surface area contributed by atoms with Crippen LogP contribution in [0.5, 0.6) is 0 Å². The van der Waals surface area contributed by atoms with Crippen LogP contribution in [0.2, 0.25) is 0 Å². The Hall–Kier alpha value is 0.0500. The topological polar surface area (TPSA) is 12.0 Å². The predicted molar refractivity (Wildman–Crippen MR) is 59.9 cm³/mol. The highest BCUT2D eigenvalue weighted by atomic mass is 32.2. The van der Waals surface area contributed by atoms with Gasteiger partial charge in [0, 0.05) is 11.8 Å². The van der Waals surface area contributed by atoms with Crippen molar-refractivity contribution >= 4 is 11.8 Å². The van der Waals surface area contributed by atoms with Gasteiger partial charge in [-0.05, 0) is 32.1 Å². The summed E-state index contributed by atoms with van der Waals surface area (Å²) in [6.07, 6.45) is 5.62. The Kier molecular flexibility index (Phi) is 9.18. The molecule has 0 bridgehead atoms. The summed E-state index contributed by atoms with van der Waals surface area (Å²) >= 11 is 2.04. The Bertz CT molecular complexity index is 104. The summed E-state index contributed by atoms with van der Waals surface area (Å²) in [5, 5.41) is 3.33. The zero-order chi connectivity index (χ0) is 9.23. The molecule has 0 radical (unpaired) electrons. The van der Waals surface area contributed by atoms with Gasteiger partial charge in [0.2, 0.25) is 0 Å². The van der Waals surface area contributed by atoms with E-state index >= 15 is 0 Å². The third-order valence-electron chi connectivity index (χ3n) is 1.79. The van der Waals surface area contributed by atoms with Gasteiger partial charge in [-0.15, -0.1) is 6.58 Å². The molecule has 1 N–H and O–H groups in total. The van der Waals surface area contributed by atoms with Crippen LogP contribution in [0.1, 0.15) is 26.2 Å². The van der Waals surface area contributed by atoms with Gasteiger partial charge >= 0.3 is 0 Å². The standard InChI is InChI=1S/C10H21NS/c1-4-6-7-10(11-3)9-12-8-5-2/h4,10-11H,1,5-9H2,2-3H3. The normalized spacial score (nSPS) is 12.8. The Balaban J connectivity index is 3.32. The average Bonchev–Trinajstić information content (AvgIpc) is 2.11. The van der Waals surface area contributed by atoms with E-state index in [1.165, 1.54) is 24.3 Å². The van der Waals surface area contributed by atoms with Crippen LogP contribution in [-0.4, -0.2) is 24.6 Å². The molecule has 1 nitrogen and oxygen atoms in total. The van der Waals surface area contributed by atoms with Crippen LogP contribution in [0.15, 0.2) is 12.7 Å². The van der Waals surface area contributed by atoms with E-state index in [-0.39, 0.29) is 0 Å². The molecule has 1 atom stereocenters. The molecule has 0 spiro atoms. The fraction of sp³-hybridized carbons (Fsp3) is 0.800. The van der Waals surface area contributed by atoms with Gasteiger partial charge in [0.05, 0.1) is 0 Å². The average molecular weight is 187 g/mol. The lowest BCUT2D eigenvalue weighted by atomic mass is 10.2. The molecule has 0 aromatic rings. The van der Waals surface area contributed by atoms with Gasteiger partial charge in [0.25, 0.3) is 0 Å². The van der Waals surface area contributed by atoms with E-state index < -0.39 is 0 Å². The minimum atomic E-state index is 0.666. The SMILES string of the molecule is C=CCCC(CSCCC)NC. The summed E-state index contributed by atoms with van der Waals surface area (Å²) in [6, 6.07) is 0.666. The van der Waals surface area contributed by atoms with Gasteiger partial charge in [-0.3, -0.25) is 0 Å². The monoisotopic (exact) mass is 187 g/mol. The van der Waals surface area contributed by atoms with Crippen LogP contribution >= 0.6 is 11.8 Å². The van der Waals surface area contributed by atoms with E-state index in [0.717, 1.165) is 6.42 Å². The molecule has 0 aromatic carbocycles. The van der Waals surface area contributed by atoms with E-state index in [4.69, 9.17) is 0 Å². The van der Waals surface area contributed by atoms with Gasteiger partial charge in [-0.2, -0.15) is 11.8 Å². The van der Waals surface area contributed by atoms with Crippen LogP contribution in [0.4, 0.5) is 0 Å². The maximum absolute atomic E-state index is 3.73. The van der Waals surface area contributed by atoms with E-state index in [9.17, 15) is 0 Å². The second kappa shape index (κ2) is 9.14. The zero-order valence-electron chi connectivity index (χ0n) is 8.31. The van der Waals surface area contributed by atoms with Gasteiger partial charge in [0.1, 0.15) is 0 Å². The van der Waals surface area contributed by atoms with Crippen molar-refractivity contribution in [3.63, 3.8) is 0 Å². The molecule has 2 heteroatoms. The largest absolute Gasteiger partial charge is 0.316 e. The first-order valence-electron chi connectivity index (χ1n) is 4.71. The number of nitrogens with one attached hydrogen (secondary N) is 1. The molecule has 0 aliphatic heterocycles. The summed E-state index contributed by atoms with van der Waals surface area (Å²) in [6.45, 7) is 5.96. The van der Waals surface area contributed by atoms with Crippen molar-refractivity contribution in [3.8, 4) is 0 Å².